The second-order valence-electron chi connectivity index (χ2n) is 13.5. The molecule has 1 amide bonds. The predicted octanol–water partition coefficient (Wildman–Crippen LogP) is 6.22. The number of nitrogens with zero attached hydrogens (tertiary/aromatic N) is 1. The summed E-state index contributed by atoms with van der Waals surface area (Å²) in [6, 6.07) is 9.09. The molecule has 0 atom stereocenters. The maximum absolute atomic E-state index is 13.5. The van der Waals surface area contributed by atoms with Crippen molar-refractivity contribution in [3.8, 4) is 11.3 Å². The number of nitrogens with one attached hydrogen (secondary N) is 1. The number of benzene rings is 1. The summed E-state index contributed by atoms with van der Waals surface area (Å²) in [5.41, 5.74) is 5.80. The summed E-state index contributed by atoms with van der Waals surface area (Å²) in [6.45, 7) is 12.4. The normalized spacial score (nSPS) is 20.6. The molecule has 1 saturated heterocycles. The van der Waals surface area contributed by atoms with Crippen molar-refractivity contribution < 1.29 is 19.4 Å². The van der Waals surface area contributed by atoms with Gasteiger partial charge >= 0.3 is 5.97 Å². The topological polar surface area (TPSA) is 80.6 Å². The molecule has 2 N–H and O–H groups in total. The number of carboxylic acids is 1. The second kappa shape index (κ2) is 9.86. The number of ether oxygens (including phenoxy) is 1. The van der Waals surface area contributed by atoms with E-state index in [1.807, 2.05) is 13.0 Å². The van der Waals surface area contributed by atoms with Gasteiger partial charge in [-0.25, -0.2) is 0 Å². The van der Waals surface area contributed by atoms with Crippen LogP contribution >= 0.6 is 0 Å². The Labute approximate surface area is 227 Å². The van der Waals surface area contributed by atoms with Crippen LogP contribution in [-0.2, 0) is 26.9 Å². The van der Waals surface area contributed by atoms with Crippen LogP contribution in [0, 0.1) is 18.3 Å². The number of hydrogen-bond acceptors (Lipinski definition) is 3. The lowest BCUT2D eigenvalue weighted by Crippen LogP contribution is -2.55. The average molecular weight is 521 g/mol. The van der Waals surface area contributed by atoms with Crippen molar-refractivity contribution in [3.63, 3.8) is 0 Å². The molecule has 1 aromatic carbocycles. The summed E-state index contributed by atoms with van der Waals surface area (Å²) in [4.78, 5) is 25.2. The zero-order valence-corrected chi connectivity index (χ0v) is 23.8. The van der Waals surface area contributed by atoms with Gasteiger partial charge in [-0.2, -0.15) is 0 Å². The molecule has 6 heteroatoms. The zero-order chi connectivity index (χ0) is 27.3. The van der Waals surface area contributed by atoms with E-state index >= 15 is 0 Å². The van der Waals surface area contributed by atoms with Gasteiger partial charge in [-0.3, -0.25) is 9.59 Å². The Bertz CT molecular complexity index is 1200. The van der Waals surface area contributed by atoms with Gasteiger partial charge in [-0.1, -0.05) is 53.0 Å². The van der Waals surface area contributed by atoms with Crippen LogP contribution in [0.1, 0.15) is 99.8 Å². The first-order valence-electron chi connectivity index (χ1n) is 14.4. The highest BCUT2D eigenvalue weighted by atomic mass is 16.5. The third-order valence-corrected chi connectivity index (χ3v) is 9.37. The minimum Gasteiger partial charge on any atom is -0.481 e. The number of hydrogen-bond donors (Lipinski definition) is 2. The van der Waals surface area contributed by atoms with Crippen molar-refractivity contribution in [2.24, 2.45) is 11.3 Å². The predicted molar refractivity (Wildman–Crippen MR) is 150 cm³/mol. The quantitative estimate of drug-likeness (QED) is 0.433. The van der Waals surface area contributed by atoms with E-state index < -0.39 is 11.4 Å². The van der Waals surface area contributed by atoms with Gasteiger partial charge in [0.25, 0.3) is 5.91 Å². The van der Waals surface area contributed by atoms with Crippen LogP contribution in [0.15, 0.2) is 24.3 Å². The van der Waals surface area contributed by atoms with Gasteiger partial charge in [0.15, 0.2) is 0 Å². The van der Waals surface area contributed by atoms with Crippen molar-refractivity contribution in [2.45, 2.75) is 96.9 Å². The Balaban J connectivity index is 1.54. The number of aliphatic carboxylic acids is 1. The largest absolute Gasteiger partial charge is 0.481 e. The summed E-state index contributed by atoms with van der Waals surface area (Å²) in [6.07, 6.45) is 8.74. The lowest BCUT2D eigenvalue weighted by atomic mass is 9.82. The number of rotatable bonds is 8. The van der Waals surface area contributed by atoms with Gasteiger partial charge in [0.05, 0.1) is 18.8 Å². The molecule has 0 bridgehead atoms. The van der Waals surface area contributed by atoms with Crippen LogP contribution in [0.4, 0.5) is 0 Å². The average Bonchev–Trinajstić information content (AvgIpc) is 3.52. The number of amides is 1. The Morgan fingerprint density at radius 1 is 1.08 bits per heavy atom. The van der Waals surface area contributed by atoms with Gasteiger partial charge in [-0.05, 0) is 84.2 Å². The van der Waals surface area contributed by atoms with Crippen molar-refractivity contribution in [1.29, 1.82) is 0 Å². The standard InChI is InChI=1S/C32H44N2O4/c1-21-26(28(35)33-18-32(29(36)37)19-38-20-32)16-27(34(21)17-22-9-7-6-8-10-22)23-13-24(30(2,3)4)15-25(14-23)31(5)11-12-31/h13-16,22H,6-12,17-20H2,1-5H3,(H,33,35)(H,36,37). The van der Waals surface area contributed by atoms with Crippen molar-refractivity contribution in [1.82, 2.24) is 9.88 Å². The molecule has 0 spiro atoms. The third-order valence-electron chi connectivity index (χ3n) is 9.37. The molecular weight excluding hydrogens is 476 g/mol. The summed E-state index contributed by atoms with van der Waals surface area (Å²) in [5, 5.41) is 12.6. The second-order valence-corrected chi connectivity index (χ2v) is 13.5. The first-order chi connectivity index (χ1) is 17.9. The minimum atomic E-state index is -1.02. The molecule has 206 valence electrons. The fourth-order valence-electron chi connectivity index (χ4n) is 6.00. The van der Waals surface area contributed by atoms with Crippen LogP contribution in [0.2, 0.25) is 0 Å². The monoisotopic (exact) mass is 520 g/mol. The van der Waals surface area contributed by atoms with E-state index in [1.165, 1.54) is 61.6 Å². The molecule has 3 aliphatic rings. The molecule has 2 saturated carbocycles. The summed E-state index contributed by atoms with van der Waals surface area (Å²) in [5.74, 6) is -0.519. The molecular formula is C32H44N2O4. The third kappa shape index (κ3) is 5.16. The van der Waals surface area contributed by atoms with E-state index in [0.29, 0.717) is 11.5 Å². The first kappa shape index (κ1) is 27.0. The fourth-order valence-corrected chi connectivity index (χ4v) is 6.00. The van der Waals surface area contributed by atoms with Gasteiger partial charge in [0.1, 0.15) is 5.41 Å². The van der Waals surface area contributed by atoms with Gasteiger partial charge in [-0.15, -0.1) is 0 Å². The Hall–Kier alpha value is -2.60. The van der Waals surface area contributed by atoms with Crippen molar-refractivity contribution in [2.75, 3.05) is 19.8 Å². The molecule has 2 aliphatic carbocycles. The van der Waals surface area contributed by atoms with Crippen LogP contribution < -0.4 is 5.32 Å². The summed E-state index contributed by atoms with van der Waals surface area (Å²) in [7, 11) is 0. The SMILES string of the molecule is Cc1c(C(=O)NCC2(C(=O)O)COC2)cc(-c2cc(C(C)(C)C)cc(C3(C)CC3)c2)n1CC1CCCCC1. The molecule has 3 fully saturated rings. The highest BCUT2D eigenvalue weighted by molar-refractivity contribution is 5.97. The van der Waals surface area contributed by atoms with Crippen molar-refractivity contribution >= 4 is 11.9 Å². The Kier molecular flexibility index (Phi) is 7.00. The van der Waals surface area contributed by atoms with Crippen LogP contribution in [0.25, 0.3) is 11.3 Å². The maximum atomic E-state index is 13.5. The number of carboxylic acid groups (broad SMARTS) is 1. The number of carbonyl (C=O) groups excluding carboxylic acids is 1. The van der Waals surface area contributed by atoms with Gasteiger partial charge in [0, 0.05) is 24.5 Å². The number of aromatic nitrogens is 1. The molecule has 6 nitrogen and oxygen atoms in total. The van der Waals surface area contributed by atoms with Gasteiger partial charge < -0.3 is 19.7 Å². The van der Waals surface area contributed by atoms with E-state index in [-0.39, 0.29) is 36.5 Å². The molecule has 38 heavy (non-hydrogen) atoms. The molecule has 5 rings (SSSR count). The zero-order valence-electron chi connectivity index (χ0n) is 23.8. The summed E-state index contributed by atoms with van der Waals surface area (Å²) >= 11 is 0. The van der Waals surface area contributed by atoms with Crippen LogP contribution in [0.5, 0.6) is 0 Å². The van der Waals surface area contributed by atoms with Crippen LogP contribution in [-0.4, -0.2) is 41.3 Å². The molecule has 1 aromatic heterocycles. The smallest absolute Gasteiger partial charge is 0.316 e. The highest BCUT2D eigenvalue weighted by Gasteiger charge is 2.46. The van der Waals surface area contributed by atoms with Crippen LogP contribution in [0.3, 0.4) is 0 Å². The van der Waals surface area contributed by atoms with Crippen molar-refractivity contribution in [3.05, 3.63) is 46.6 Å². The molecule has 0 unspecified atom stereocenters. The Morgan fingerprint density at radius 3 is 2.32 bits per heavy atom. The van der Waals surface area contributed by atoms with E-state index in [0.717, 1.165) is 17.9 Å². The molecule has 2 aromatic rings. The molecule has 0 radical (unpaired) electrons. The van der Waals surface area contributed by atoms with E-state index in [4.69, 9.17) is 4.74 Å². The fraction of sp³-hybridized carbons (Fsp3) is 0.625. The minimum absolute atomic E-state index is 0.0159. The van der Waals surface area contributed by atoms with E-state index in [9.17, 15) is 14.7 Å². The highest BCUT2D eigenvalue weighted by Crippen LogP contribution is 2.49. The van der Waals surface area contributed by atoms with E-state index in [2.05, 4.69) is 55.8 Å². The Morgan fingerprint density at radius 2 is 1.76 bits per heavy atom. The molecule has 2 heterocycles. The maximum Gasteiger partial charge on any atom is 0.316 e. The summed E-state index contributed by atoms with van der Waals surface area (Å²) < 4.78 is 7.54. The lowest BCUT2D eigenvalue weighted by Gasteiger charge is -2.37. The first-order valence-corrected chi connectivity index (χ1v) is 14.4. The lowest BCUT2D eigenvalue weighted by molar-refractivity contribution is -0.178. The number of carbonyl (C=O) groups is 2. The molecule has 1 aliphatic heterocycles. The van der Waals surface area contributed by atoms with Gasteiger partial charge in [0.2, 0.25) is 0 Å². The van der Waals surface area contributed by atoms with E-state index in [1.54, 1.807) is 0 Å².